The molecule has 5 heteroatoms. The molecule has 222 valence electrons. The Morgan fingerprint density at radius 3 is 1.79 bits per heavy atom. The van der Waals surface area contributed by atoms with E-state index in [0.717, 1.165) is 64.7 Å². The maximum absolute atomic E-state index is 12.6. The van der Waals surface area contributed by atoms with Crippen molar-refractivity contribution in [2.45, 2.75) is 70.4 Å². The summed E-state index contributed by atoms with van der Waals surface area (Å²) in [6.07, 6.45) is 8.73. The van der Waals surface area contributed by atoms with Gasteiger partial charge in [0.25, 0.3) is 0 Å². The summed E-state index contributed by atoms with van der Waals surface area (Å²) < 4.78 is 37.7. The summed E-state index contributed by atoms with van der Waals surface area (Å²) >= 11 is 0. The van der Waals surface area contributed by atoms with Gasteiger partial charge in [0.2, 0.25) is 0 Å². The number of hydrogen-bond acceptors (Lipinski definition) is 2. The molecule has 0 heterocycles. The lowest BCUT2D eigenvalue weighted by molar-refractivity contribution is -0.127. The van der Waals surface area contributed by atoms with Crippen molar-refractivity contribution < 1.29 is 13.2 Å². The van der Waals surface area contributed by atoms with Crippen molar-refractivity contribution >= 4 is 28.6 Å². The first kappa shape index (κ1) is 32.5. The van der Waals surface area contributed by atoms with Crippen molar-refractivity contribution in [3.63, 3.8) is 0 Å². The second-order valence-corrected chi connectivity index (χ2v) is 11.1. The number of alkyl halides is 3. The van der Waals surface area contributed by atoms with Crippen molar-refractivity contribution in [2.24, 2.45) is 0 Å². The summed E-state index contributed by atoms with van der Waals surface area (Å²) in [7, 11) is 0. The largest absolute Gasteiger partial charge is 0.399 e. The third-order valence-corrected chi connectivity index (χ3v) is 7.29. The number of nitrogens with two attached hydrogens (primary N) is 2. The summed E-state index contributed by atoms with van der Waals surface area (Å²) in [6, 6.07) is 20.4. The average molecular weight is 573 g/mol. The third kappa shape index (κ3) is 11.9. The van der Waals surface area contributed by atoms with Gasteiger partial charge in [-0.25, -0.2) is 0 Å². The Morgan fingerprint density at radius 2 is 1.19 bits per heavy atom. The molecule has 0 fully saturated rings. The first-order valence-corrected chi connectivity index (χ1v) is 14.6. The Balaban J connectivity index is 1.29. The highest BCUT2D eigenvalue weighted by molar-refractivity contribution is 5.70. The number of anilines is 2. The highest BCUT2D eigenvalue weighted by Gasteiger charge is 2.27. The van der Waals surface area contributed by atoms with Crippen LogP contribution in [0, 0.1) is 0 Å². The van der Waals surface area contributed by atoms with Crippen LogP contribution in [0.2, 0.25) is 0 Å². The highest BCUT2D eigenvalue weighted by atomic mass is 19.4. The number of hydrogen-bond donors (Lipinski definition) is 2. The smallest absolute Gasteiger partial charge is 0.393 e. The van der Waals surface area contributed by atoms with Gasteiger partial charge < -0.3 is 11.5 Å². The van der Waals surface area contributed by atoms with Gasteiger partial charge in [0.1, 0.15) is 0 Å². The van der Waals surface area contributed by atoms with E-state index in [4.69, 9.17) is 11.5 Å². The lowest BCUT2D eigenvalue weighted by atomic mass is 9.97. The first-order chi connectivity index (χ1) is 20.0. The number of halogens is 3. The third-order valence-electron chi connectivity index (χ3n) is 7.29. The van der Waals surface area contributed by atoms with Gasteiger partial charge in [-0.3, -0.25) is 0 Å². The van der Waals surface area contributed by atoms with E-state index >= 15 is 0 Å². The van der Waals surface area contributed by atoms with E-state index in [0.29, 0.717) is 17.8 Å². The number of benzene rings is 3. The summed E-state index contributed by atoms with van der Waals surface area (Å²) in [6.45, 7) is 12.5. The summed E-state index contributed by atoms with van der Waals surface area (Å²) in [5.41, 5.74) is 20.6. The molecule has 3 aromatic rings. The van der Waals surface area contributed by atoms with Crippen molar-refractivity contribution in [1.29, 1.82) is 0 Å². The van der Waals surface area contributed by atoms with E-state index < -0.39 is 12.6 Å². The minimum absolute atomic E-state index is 0.257. The number of rotatable bonds is 16. The Bertz CT molecular complexity index is 1340. The standard InChI is InChI=1S/C37H43F3N2/c1-27(10-8-6-4-5-7-9-11-28(2)34-23-35(41)25-36(42)24-34)12-13-30-14-16-31(17-15-30)22-29(3)33-20-18-32(19-21-33)26-37(38,39)40/h12-21,23-25H,1-11,22,26,41-42H2/b13-12+. The van der Waals surface area contributed by atoms with E-state index in [1.165, 1.54) is 37.8 Å². The maximum atomic E-state index is 12.6. The number of allylic oxidation sites excluding steroid dienone is 4. The maximum Gasteiger partial charge on any atom is 0.393 e. The molecule has 0 aliphatic rings. The number of unbranched alkanes of at least 4 members (excludes halogenated alkanes) is 5. The van der Waals surface area contributed by atoms with Gasteiger partial charge in [0.15, 0.2) is 0 Å². The van der Waals surface area contributed by atoms with Crippen molar-refractivity contribution in [2.75, 3.05) is 11.5 Å². The van der Waals surface area contributed by atoms with Crippen molar-refractivity contribution in [3.05, 3.63) is 126 Å². The normalized spacial score (nSPS) is 11.6. The van der Waals surface area contributed by atoms with Crippen molar-refractivity contribution in [1.82, 2.24) is 0 Å². The van der Waals surface area contributed by atoms with Crippen molar-refractivity contribution in [3.8, 4) is 0 Å². The van der Waals surface area contributed by atoms with Crippen LogP contribution in [0.3, 0.4) is 0 Å². The van der Waals surface area contributed by atoms with Crippen LogP contribution in [-0.2, 0) is 12.8 Å². The molecule has 0 atom stereocenters. The van der Waals surface area contributed by atoms with Crippen LogP contribution in [-0.4, -0.2) is 6.18 Å². The van der Waals surface area contributed by atoms with Crippen LogP contribution in [0.5, 0.6) is 0 Å². The van der Waals surface area contributed by atoms with E-state index in [1.807, 2.05) is 12.1 Å². The monoisotopic (exact) mass is 572 g/mol. The van der Waals surface area contributed by atoms with Crippen LogP contribution >= 0.6 is 0 Å². The molecule has 0 saturated carbocycles. The Kier molecular flexibility index (Phi) is 12.3. The van der Waals surface area contributed by atoms with E-state index in [9.17, 15) is 13.2 Å². The second kappa shape index (κ2) is 15.9. The van der Waals surface area contributed by atoms with Gasteiger partial charge >= 0.3 is 6.18 Å². The van der Waals surface area contributed by atoms with Gasteiger partial charge in [-0.1, -0.05) is 112 Å². The molecule has 0 amide bonds. The first-order valence-electron chi connectivity index (χ1n) is 14.6. The summed E-state index contributed by atoms with van der Waals surface area (Å²) in [5.74, 6) is 0. The molecular formula is C37H43F3N2. The fourth-order valence-corrected chi connectivity index (χ4v) is 4.90. The lowest BCUT2D eigenvalue weighted by Crippen LogP contribution is -2.11. The van der Waals surface area contributed by atoms with E-state index in [2.05, 4.69) is 56.2 Å². The fraction of sp³-hybridized carbons (Fsp3) is 0.297. The van der Waals surface area contributed by atoms with Gasteiger partial charge in [-0.05, 0) is 89.3 Å². The van der Waals surface area contributed by atoms with Crippen LogP contribution in [0.15, 0.2) is 98.1 Å². The predicted molar refractivity (Wildman–Crippen MR) is 175 cm³/mol. The SMILES string of the molecule is C=C(/C=C/c1ccc(CC(=C)c2ccc(CC(F)(F)F)cc2)cc1)CCCCCCCCC(=C)c1cc(N)cc(N)c1. The molecule has 0 aliphatic heterocycles. The minimum atomic E-state index is -4.20. The highest BCUT2D eigenvalue weighted by Crippen LogP contribution is 2.26. The molecule has 4 N–H and O–H groups in total. The molecular weight excluding hydrogens is 529 g/mol. The topological polar surface area (TPSA) is 52.0 Å². The molecule has 42 heavy (non-hydrogen) atoms. The molecule has 3 rings (SSSR count). The van der Waals surface area contributed by atoms with Crippen LogP contribution in [0.25, 0.3) is 17.2 Å². The zero-order chi connectivity index (χ0) is 30.5. The fourth-order valence-electron chi connectivity index (χ4n) is 4.90. The quantitative estimate of drug-likeness (QED) is 0.102. The van der Waals surface area contributed by atoms with Crippen LogP contribution in [0.4, 0.5) is 24.5 Å². The Labute approximate surface area is 249 Å². The molecule has 0 unspecified atom stereocenters. The van der Waals surface area contributed by atoms with Gasteiger partial charge in [-0.15, -0.1) is 0 Å². The minimum Gasteiger partial charge on any atom is -0.399 e. The van der Waals surface area contributed by atoms with Gasteiger partial charge in [0, 0.05) is 11.4 Å². The van der Waals surface area contributed by atoms with Crippen LogP contribution < -0.4 is 11.5 Å². The molecule has 0 spiro atoms. The zero-order valence-corrected chi connectivity index (χ0v) is 24.5. The molecule has 0 saturated heterocycles. The Hall–Kier alpha value is -3.99. The molecule has 0 radical (unpaired) electrons. The Morgan fingerprint density at radius 1 is 0.643 bits per heavy atom. The predicted octanol–water partition coefficient (Wildman–Crippen LogP) is 10.6. The number of nitrogen functional groups attached to an aromatic ring is 2. The second-order valence-electron chi connectivity index (χ2n) is 11.1. The van der Waals surface area contributed by atoms with Gasteiger partial charge in [-0.2, -0.15) is 13.2 Å². The zero-order valence-electron chi connectivity index (χ0n) is 24.5. The van der Waals surface area contributed by atoms with E-state index in [-0.39, 0.29) is 5.56 Å². The molecule has 2 nitrogen and oxygen atoms in total. The van der Waals surface area contributed by atoms with Crippen LogP contribution in [0.1, 0.15) is 79.2 Å². The summed E-state index contributed by atoms with van der Waals surface area (Å²) in [5, 5.41) is 0. The van der Waals surface area contributed by atoms with Gasteiger partial charge in [0.05, 0.1) is 6.42 Å². The van der Waals surface area contributed by atoms with E-state index in [1.54, 1.807) is 18.2 Å². The molecule has 0 aliphatic carbocycles. The average Bonchev–Trinajstić information content (AvgIpc) is 2.93. The molecule has 0 aromatic heterocycles. The molecule has 3 aromatic carbocycles. The summed E-state index contributed by atoms with van der Waals surface area (Å²) in [4.78, 5) is 0. The lowest BCUT2D eigenvalue weighted by Gasteiger charge is -2.09. The molecule has 0 bridgehead atoms.